The Morgan fingerprint density at radius 2 is 0.938 bits per heavy atom. The zero-order chi connectivity index (χ0) is 24.2. The average Bonchev–Trinajstić information content (AvgIpc) is 2.75. The van der Waals surface area contributed by atoms with Crippen LogP contribution in [0.25, 0.3) is 0 Å². The van der Waals surface area contributed by atoms with Gasteiger partial charge in [-0.05, 0) is 6.42 Å². The van der Waals surface area contributed by atoms with E-state index in [1.165, 1.54) is 96.3 Å². The van der Waals surface area contributed by atoms with Crippen molar-refractivity contribution in [2.75, 3.05) is 32.9 Å². The van der Waals surface area contributed by atoms with Gasteiger partial charge >= 0.3 is 0 Å². The Labute approximate surface area is 198 Å². The lowest BCUT2D eigenvalue weighted by atomic mass is 10.0. The number of unbranched alkanes of at least 4 members (excludes halogenated alkanes) is 17. The molecule has 7 nitrogen and oxygen atoms in total. The normalized spacial score (nSPS) is 11.4. The molecule has 0 saturated carbocycles. The maximum Gasteiger partial charge on any atom is 0.0596 e. The second-order valence-electron chi connectivity index (χ2n) is 8.49. The van der Waals surface area contributed by atoms with E-state index in [0.717, 1.165) is 12.8 Å². The summed E-state index contributed by atoms with van der Waals surface area (Å²) in [4.78, 5) is 20.5. The van der Waals surface area contributed by atoms with Crippen LogP contribution in [0.5, 0.6) is 0 Å². The standard InChI is InChI=1S/C20H43O4P.C4H11NO2/c1-2-3-4-5-6-7-8-9-10-11-12-13-14-15-16-17-18-19-20-24-25(21,22)23;6-3-1-5-2-4-7/h2-20H2,1H3,(H2,21,22,23);5-7H,1-4H2/p-2. The average molecular weight is 482 g/mol. The van der Waals surface area contributed by atoms with Crippen molar-refractivity contribution in [1.29, 1.82) is 0 Å². The Hall–Kier alpha value is -0.0100. The first-order valence-corrected chi connectivity index (χ1v) is 14.5. The van der Waals surface area contributed by atoms with Gasteiger partial charge in [-0.25, -0.2) is 0 Å². The van der Waals surface area contributed by atoms with E-state index >= 15 is 0 Å². The molecule has 32 heavy (non-hydrogen) atoms. The highest BCUT2D eigenvalue weighted by molar-refractivity contribution is 7.43. The molecule has 3 N–H and O–H groups in total. The number of phosphoric acid groups is 1. The van der Waals surface area contributed by atoms with Crippen molar-refractivity contribution < 1.29 is 29.1 Å². The van der Waals surface area contributed by atoms with Crippen LogP contribution in [0.2, 0.25) is 0 Å². The van der Waals surface area contributed by atoms with Crippen molar-refractivity contribution in [3.8, 4) is 0 Å². The van der Waals surface area contributed by atoms with Crippen molar-refractivity contribution in [3.63, 3.8) is 0 Å². The van der Waals surface area contributed by atoms with Gasteiger partial charge in [0.15, 0.2) is 0 Å². The lowest BCUT2D eigenvalue weighted by Crippen LogP contribution is -2.21. The number of rotatable bonds is 24. The van der Waals surface area contributed by atoms with Crippen LogP contribution >= 0.6 is 7.82 Å². The summed E-state index contributed by atoms with van der Waals surface area (Å²) in [5, 5.41) is 19.1. The van der Waals surface area contributed by atoms with Crippen molar-refractivity contribution in [3.05, 3.63) is 0 Å². The molecule has 0 saturated heterocycles. The zero-order valence-electron chi connectivity index (χ0n) is 20.7. The maximum absolute atomic E-state index is 10.3. The summed E-state index contributed by atoms with van der Waals surface area (Å²) in [6.45, 7) is 3.73. The Morgan fingerprint density at radius 3 is 1.22 bits per heavy atom. The minimum absolute atomic E-state index is 0.0447. The molecule has 0 rings (SSSR count). The summed E-state index contributed by atoms with van der Waals surface area (Å²) < 4.78 is 14.5. The minimum Gasteiger partial charge on any atom is -0.790 e. The van der Waals surface area contributed by atoms with Crippen molar-refractivity contribution in [2.45, 2.75) is 122 Å². The highest BCUT2D eigenvalue weighted by Gasteiger charge is 1.96. The third-order valence-corrected chi connectivity index (χ3v) is 5.82. The lowest BCUT2D eigenvalue weighted by Gasteiger charge is -2.28. The van der Waals surface area contributed by atoms with Gasteiger partial charge < -0.3 is 34.4 Å². The maximum atomic E-state index is 10.3. The zero-order valence-corrected chi connectivity index (χ0v) is 21.6. The van der Waals surface area contributed by atoms with Gasteiger partial charge in [0, 0.05) is 13.1 Å². The number of hydrogen-bond acceptors (Lipinski definition) is 7. The lowest BCUT2D eigenvalue weighted by molar-refractivity contribution is -0.341. The summed E-state index contributed by atoms with van der Waals surface area (Å²) in [5.74, 6) is 0. The smallest absolute Gasteiger partial charge is 0.0596 e. The molecule has 0 fully saturated rings. The summed E-state index contributed by atoms with van der Waals surface area (Å²) >= 11 is 0. The molecular formula is C24H52NO6P-2. The number of aliphatic hydroxyl groups is 2. The largest absolute Gasteiger partial charge is 0.790 e. The first-order valence-electron chi connectivity index (χ1n) is 13.1. The van der Waals surface area contributed by atoms with Gasteiger partial charge in [0.05, 0.1) is 27.6 Å². The number of aliphatic hydroxyl groups excluding tert-OH is 2. The predicted molar refractivity (Wildman–Crippen MR) is 129 cm³/mol. The molecule has 0 spiro atoms. The second-order valence-corrected chi connectivity index (χ2v) is 9.64. The summed E-state index contributed by atoms with van der Waals surface area (Å²) in [7, 11) is -4.76. The SMILES string of the molecule is CCCCCCCCCCCCCCCCCCCCOP(=O)([O-])[O-].OCCNCCO. The monoisotopic (exact) mass is 481 g/mol. The van der Waals surface area contributed by atoms with Crippen LogP contribution in [0.3, 0.4) is 0 Å². The van der Waals surface area contributed by atoms with Crippen molar-refractivity contribution in [2.24, 2.45) is 0 Å². The van der Waals surface area contributed by atoms with Crippen LogP contribution in [0.15, 0.2) is 0 Å². The van der Waals surface area contributed by atoms with Gasteiger partial charge in [0.2, 0.25) is 0 Å². The van der Waals surface area contributed by atoms with Crippen molar-refractivity contribution >= 4 is 7.82 Å². The van der Waals surface area contributed by atoms with Gasteiger partial charge in [-0.3, -0.25) is 0 Å². The van der Waals surface area contributed by atoms with E-state index in [9.17, 15) is 14.4 Å². The van der Waals surface area contributed by atoms with E-state index in [1.54, 1.807) is 0 Å². The van der Waals surface area contributed by atoms with E-state index in [4.69, 9.17) is 10.2 Å². The van der Waals surface area contributed by atoms with E-state index in [0.29, 0.717) is 19.5 Å². The molecule has 0 radical (unpaired) electrons. The fourth-order valence-electron chi connectivity index (χ4n) is 3.46. The van der Waals surface area contributed by atoms with Gasteiger partial charge in [-0.15, -0.1) is 0 Å². The van der Waals surface area contributed by atoms with Crippen LogP contribution in [0, 0.1) is 0 Å². The molecule has 0 aliphatic rings. The summed E-state index contributed by atoms with van der Waals surface area (Å²) in [6.07, 6.45) is 23.3. The Morgan fingerprint density at radius 1 is 0.625 bits per heavy atom. The molecule has 8 heteroatoms. The van der Waals surface area contributed by atoms with Gasteiger partial charge in [-0.1, -0.05) is 116 Å². The highest BCUT2D eigenvalue weighted by atomic mass is 31.2. The van der Waals surface area contributed by atoms with Crippen molar-refractivity contribution in [1.82, 2.24) is 5.32 Å². The fourth-order valence-corrected chi connectivity index (χ4v) is 3.82. The Balaban J connectivity index is 0. The number of hydrogen-bond donors (Lipinski definition) is 3. The molecule has 0 aromatic carbocycles. The molecular weight excluding hydrogens is 429 g/mol. The molecule has 0 aliphatic heterocycles. The topological polar surface area (TPSA) is 125 Å². The predicted octanol–water partition coefficient (Wildman–Crippen LogP) is 4.43. The first kappa shape index (κ1) is 34.2. The highest BCUT2D eigenvalue weighted by Crippen LogP contribution is 2.24. The van der Waals surface area contributed by atoms with Gasteiger partial charge in [0.25, 0.3) is 0 Å². The molecule has 0 unspecified atom stereocenters. The molecule has 0 aromatic heterocycles. The second kappa shape index (κ2) is 29.0. The molecule has 0 amide bonds. The first-order chi connectivity index (χ1) is 15.5. The molecule has 0 atom stereocenters. The number of phosphoric ester groups is 1. The minimum atomic E-state index is -4.76. The molecule has 0 aliphatic carbocycles. The van der Waals surface area contributed by atoms with E-state index in [-0.39, 0.29) is 19.8 Å². The van der Waals surface area contributed by atoms with Gasteiger partial charge in [-0.2, -0.15) is 0 Å². The molecule has 0 bridgehead atoms. The van der Waals surface area contributed by atoms with E-state index < -0.39 is 7.82 Å². The van der Waals surface area contributed by atoms with Crippen LogP contribution in [-0.2, 0) is 9.09 Å². The third kappa shape index (κ3) is 37.3. The third-order valence-electron chi connectivity index (χ3n) is 5.32. The summed E-state index contributed by atoms with van der Waals surface area (Å²) in [5.41, 5.74) is 0. The Kier molecular flexibility index (Phi) is 31.0. The van der Waals surface area contributed by atoms with Crippen LogP contribution in [0.4, 0.5) is 0 Å². The quantitative estimate of drug-likeness (QED) is 0.137. The van der Waals surface area contributed by atoms with Gasteiger partial charge in [0.1, 0.15) is 0 Å². The number of nitrogens with one attached hydrogen (secondary N) is 1. The van der Waals surface area contributed by atoms with E-state index in [2.05, 4.69) is 16.8 Å². The molecule has 0 heterocycles. The van der Waals surface area contributed by atoms with E-state index in [1.807, 2.05) is 0 Å². The molecule has 196 valence electrons. The van der Waals surface area contributed by atoms with Crippen LogP contribution in [0.1, 0.15) is 122 Å². The van der Waals surface area contributed by atoms with Crippen LogP contribution in [-0.4, -0.2) is 43.1 Å². The Bertz CT molecular complexity index is 378. The van der Waals surface area contributed by atoms with Crippen LogP contribution < -0.4 is 15.1 Å². The molecule has 0 aromatic rings. The summed E-state index contributed by atoms with van der Waals surface area (Å²) in [6, 6.07) is 0. The fraction of sp³-hybridized carbons (Fsp3) is 1.00.